The van der Waals surface area contributed by atoms with Gasteiger partial charge in [0.05, 0.1) is 11.6 Å². The standard InChI is InChI=1S/C35H40N2O7/c1-17-4-6-18(7-5-17)14-19-8-10-20(11-9-19)22-12-13-25(38)27-23(22)15-21-16-24-29(37(2)3)31(40)28(34(36)43)33(42)35(24,44)32(41)26(21)30(27)39/h8-13,17-18,21,24,29,38-39,42,44H,4-7,14-16H2,1-3H3,(H2,36,43)/t17?,18?,21-,24-,29-,35-/m1/s1. The highest BCUT2D eigenvalue weighted by molar-refractivity contribution is 6.24. The van der Waals surface area contributed by atoms with E-state index < -0.39 is 58.0 Å². The number of amides is 1. The number of primary amides is 1. The molecule has 4 aliphatic rings. The number of carbonyl (C=O) groups excluding carboxylic acids is 3. The molecule has 2 saturated carbocycles. The highest BCUT2D eigenvalue weighted by atomic mass is 16.3. The number of phenolic OH excluding ortho intramolecular Hbond substituents is 1. The van der Waals surface area contributed by atoms with Crippen molar-refractivity contribution in [2.24, 2.45) is 29.4 Å². The summed E-state index contributed by atoms with van der Waals surface area (Å²) in [4.78, 5) is 41.0. The number of Topliss-reactive ketones (excluding diaryl/α,β-unsaturated/α-hetero) is 2. The van der Waals surface area contributed by atoms with Crippen LogP contribution < -0.4 is 5.73 Å². The molecule has 1 amide bonds. The van der Waals surface area contributed by atoms with Crippen molar-refractivity contribution in [1.82, 2.24) is 4.90 Å². The molecule has 0 radical (unpaired) electrons. The van der Waals surface area contributed by atoms with Crippen LogP contribution in [0.2, 0.25) is 0 Å². The Morgan fingerprint density at radius 3 is 2.27 bits per heavy atom. The highest BCUT2D eigenvalue weighted by Gasteiger charge is 2.64. The fraction of sp³-hybridized carbons (Fsp3) is 0.457. The number of aliphatic hydroxyl groups excluding tert-OH is 2. The van der Waals surface area contributed by atoms with Crippen LogP contribution in [0.25, 0.3) is 16.9 Å². The Morgan fingerprint density at radius 2 is 1.66 bits per heavy atom. The number of aliphatic hydroxyl groups is 3. The van der Waals surface area contributed by atoms with Crippen LogP contribution in [0, 0.1) is 23.7 Å². The van der Waals surface area contributed by atoms with Gasteiger partial charge in [-0.1, -0.05) is 50.1 Å². The molecular weight excluding hydrogens is 560 g/mol. The van der Waals surface area contributed by atoms with Crippen molar-refractivity contribution in [2.45, 2.75) is 63.5 Å². The van der Waals surface area contributed by atoms with E-state index in [2.05, 4.69) is 19.1 Å². The van der Waals surface area contributed by atoms with E-state index in [-0.39, 0.29) is 29.7 Å². The van der Waals surface area contributed by atoms with Crippen LogP contribution in [0.1, 0.15) is 55.7 Å². The van der Waals surface area contributed by atoms with Crippen LogP contribution >= 0.6 is 0 Å². The molecule has 6 rings (SSSR count). The molecule has 2 fully saturated rings. The third-order valence-electron chi connectivity index (χ3n) is 10.5. The van der Waals surface area contributed by atoms with Gasteiger partial charge in [0.25, 0.3) is 5.91 Å². The fourth-order valence-corrected chi connectivity index (χ4v) is 8.20. The maximum atomic E-state index is 14.0. The third kappa shape index (κ3) is 4.56. The smallest absolute Gasteiger partial charge is 0.255 e. The minimum absolute atomic E-state index is 0.0554. The van der Waals surface area contributed by atoms with Crippen molar-refractivity contribution in [3.05, 3.63) is 70.0 Å². The van der Waals surface area contributed by atoms with E-state index in [0.29, 0.717) is 11.5 Å². The minimum Gasteiger partial charge on any atom is -0.508 e. The monoisotopic (exact) mass is 600 g/mol. The normalized spacial score (nSPS) is 30.2. The fourth-order valence-electron chi connectivity index (χ4n) is 8.20. The number of nitrogens with zero attached hydrogens (tertiary/aromatic N) is 1. The lowest BCUT2D eigenvalue weighted by molar-refractivity contribution is -0.153. The van der Waals surface area contributed by atoms with Gasteiger partial charge < -0.3 is 26.2 Å². The second kappa shape index (κ2) is 10.9. The van der Waals surface area contributed by atoms with Gasteiger partial charge in [0.2, 0.25) is 5.78 Å². The molecule has 0 spiro atoms. The highest BCUT2D eigenvalue weighted by Crippen LogP contribution is 2.53. The van der Waals surface area contributed by atoms with Crippen molar-refractivity contribution in [3.8, 4) is 16.9 Å². The number of hydrogen-bond donors (Lipinski definition) is 5. The summed E-state index contributed by atoms with van der Waals surface area (Å²) in [5.74, 6) is -5.06. The van der Waals surface area contributed by atoms with Crippen molar-refractivity contribution in [3.63, 3.8) is 0 Å². The lowest BCUT2D eigenvalue weighted by atomic mass is 9.57. The second-order valence-electron chi connectivity index (χ2n) is 13.5. The van der Waals surface area contributed by atoms with Gasteiger partial charge in [-0.2, -0.15) is 0 Å². The van der Waals surface area contributed by atoms with Gasteiger partial charge in [0.1, 0.15) is 22.8 Å². The number of fused-ring (bicyclic) bond motifs is 3. The summed E-state index contributed by atoms with van der Waals surface area (Å²) in [6.07, 6.45) is 6.38. The van der Waals surface area contributed by atoms with E-state index in [9.17, 15) is 34.8 Å². The summed E-state index contributed by atoms with van der Waals surface area (Å²) in [5, 5.41) is 45.2. The van der Waals surface area contributed by atoms with Gasteiger partial charge in [-0.15, -0.1) is 0 Å². The Balaban J connectivity index is 1.40. The predicted molar refractivity (Wildman–Crippen MR) is 165 cm³/mol. The predicted octanol–water partition coefficient (Wildman–Crippen LogP) is 4.00. The molecule has 2 aromatic carbocycles. The number of carbonyl (C=O) groups is 3. The van der Waals surface area contributed by atoms with Gasteiger partial charge >= 0.3 is 0 Å². The molecule has 0 saturated heterocycles. The van der Waals surface area contributed by atoms with E-state index in [1.165, 1.54) is 42.2 Å². The van der Waals surface area contributed by atoms with Crippen LogP contribution in [0.5, 0.6) is 5.75 Å². The Kier molecular flexibility index (Phi) is 7.45. The number of rotatable bonds is 5. The maximum absolute atomic E-state index is 14.0. The van der Waals surface area contributed by atoms with Crippen LogP contribution in [0.4, 0.5) is 0 Å². The molecule has 0 aromatic heterocycles. The minimum atomic E-state index is -2.65. The van der Waals surface area contributed by atoms with Gasteiger partial charge in [-0.25, -0.2) is 0 Å². The molecule has 0 heterocycles. The van der Waals surface area contributed by atoms with E-state index >= 15 is 0 Å². The van der Waals surface area contributed by atoms with Crippen LogP contribution in [-0.4, -0.2) is 68.5 Å². The molecule has 2 aromatic rings. The summed E-state index contributed by atoms with van der Waals surface area (Å²) in [6, 6.07) is 10.5. The second-order valence-corrected chi connectivity index (χ2v) is 13.5. The van der Waals surface area contributed by atoms with Crippen molar-refractivity contribution < 1.29 is 34.8 Å². The van der Waals surface area contributed by atoms with Gasteiger partial charge in [-0.3, -0.25) is 19.3 Å². The molecule has 0 aliphatic heterocycles. The third-order valence-corrected chi connectivity index (χ3v) is 10.5. The van der Waals surface area contributed by atoms with Gasteiger partial charge in [0, 0.05) is 11.5 Å². The molecule has 4 aliphatic carbocycles. The number of hydrogen-bond acceptors (Lipinski definition) is 8. The van der Waals surface area contributed by atoms with Crippen LogP contribution in [0.3, 0.4) is 0 Å². The SMILES string of the molecule is CC1CCC(Cc2ccc(-c3ccc(O)c4c3C[C@@H]3C[C@@H]5[C@@H](N(C)C)C(=O)C(C(N)=O)=C(O)[C@]5(O)C(=O)C3=C4O)cc2)CC1. The molecular formula is C35H40N2O7. The van der Waals surface area contributed by atoms with Crippen molar-refractivity contribution in [2.75, 3.05) is 14.1 Å². The first-order valence-corrected chi connectivity index (χ1v) is 15.4. The first kappa shape index (κ1) is 30.1. The molecule has 4 atom stereocenters. The quantitative estimate of drug-likeness (QED) is 0.322. The summed E-state index contributed by atoms with van der Waals surface area (Å²) >= 11 is 0. The first-order chi connectivity index (χ1) is 20.8. The lowest BCUT2D eigenvalue weighted by Gasteiger charge is -2.50. The first-order valence-electron chi connectivity index (χ1n) is 15.4. The van der Waals surface area contributed by atoms with E-state index in [1.807, 2.05) is 12.1 Å². The van der Waals surface area contributed by atoms with Gasteiger partial charge in [0.15, 0.2) is 11.4 Å². The Hall–Kier alpha value is -3.95. The maximum Gasteiger partial charge on any atom is 0.255 e. The molecule has 6 N–H and O–H groups in total. The Labute approximate surface area is 256 Å². The van der Waals surface area contributed by atoms with Gasteiger partial charge in [-0.05, 0) is 92.3 Å². The van der Waals surface area contributed by atoms with Crippen LogP contribution in [0.15, 0.2) is 53.3 Å². The summed E-state index contributed by atoms with van der Waals surface area (Å²) < 4.78 is 0. The largest absolute Gasteiger partial charge is 0.508 e. The summed E-state index contributed by atoms with van der Waals surface area (Å²) in [5.41, 5.74) is 5.51. The zero-order valence-corrected chi connectivity index (χ0v) is 25.3. The molecule has 0 bridgehead atoms. The Bertz CT molecular complexity index is 1610. The lowest BCUT2D eigenvalue weighted by Crippen LogP contribution is -2.65. The van der Waals surface area contributed by atoms with E-state index in [1.54, 1.807) is 20.2 Å². The number of nitrogens with two attached hydrogens (primary N) is 1. The molecule has 44 heavy (non-hydrogen) atoms. The number of phenols is 1. The van der Waals surface area contributed by atoms with Crippen LogP contribution in [-0.2, 0) is 27.2 Å². The summed E-state index contributed by atoms with van der Waals surface area (Å²) in [7, 11) is 3.17. The number of benzene rings is 2. The summed E-state index contributed by atoms with van der Waals surface area (Å²) in [6.45, 7) is 2.32. The zero-order valence-electron chi connectivity index (χ0n) is 25.3. The molecule has 0 unspecified atom stereocenters. The average Bonchev–Trinajstić information content (AvgIpc) is 2.96. The Morgan fingerprint density at radius 1 is 1.00 bits per heavy atom. The number of ketones is 2. The number of likely N-dealkylation sites (N-methyl/N-ethyl adjacent to an activating group) is 1. The van der Waals surface area contributed by atoms with E-state index in [0.717, 1.165) is 23.5 Å². The average molecular weight is 601 g/mol. The molecule has 232 valence electrons. The topological polar surface area (TPSA) is 161 Å². The molecule has 9 heteroatoms. The van der Waals surface area contributed by atoms with Crippen molar-refractivity contribution in [1.29, 1.82) is 0 Å². The van der Waals surface area contributed by atoms with Crippen molar-refractivity contribution >= 4 is 23.2 Å². The van der Waals surface area contributed by atoms with E-state index in [4.69, 9.17) is 5.73 Å². The number of aromatic hydroxyl groups is 1. The zero-order chi connectivity index (χ0) is 31.7. The molecule has 9 nitrogen and oxygen atoms in total.